The van der Waals surface area contributed by atoms with Crippen LogP contribution in [0, 0.1) is 12.7 Å². The molecule has 0 aliphatic carbocycles. The van der Waals surface area contributed by atoms with Gasteiger partial charge in [-0.3, -0.25) is 0 Å². The highest BCUT2D eigenvalue weighted by atomic mass is 35.5. The van der Waals surface area contributed by atoms with E-state index in [1.54, 1.807) is 48.5 Å². The predicted molar refractivity (Wildman–Crippen MR) is 111 cm³/mol. The molecule has 4 aromatic rings. The Hall–Kier alpha value is -3.05. The van der Waals surface area contributed by atoms with Crippen molar-refractivity contribution in [3.05, 3.63) is 101 Å². The highest BCUT2D eigenvalue weighted by Gasteiger charge is 2.37. The summed E-state index contributed by atoms with van der Waals surface area (Å²) in [7, 11) is 0. The van der Waals surface area contributed by atoms with E-state index in [2.05, 4.69) is 0 Å². The van der Waals surface area contributed by atoms with Crippen molar-refractivity contribution in [1.82, 2.24) is 4.57 Å². The number of nitrogens with zero attached hydrogens (tertiary/aromatic N) is 1. The maximum atomic E-state index is 14.1. The van der Waals surface area contributed by atoms with Crippen LogP contribution < -0.4 is 0 Å². The summed E-state index contributed by atoms with van der Waals surface area (Å²) < 4.78 is 57.3. The van der Waals surface area contributed by atoms with Gasteiger partial charge in [0.1, 0.15) is 5.82 Å². The van der Waals surface area contributed by atoms with Crippen molar-refractivity contribution in [3.63, 3.8) is 0 Å². The summed E-state index contributed by atoms with van der Waals surface area (Å²) in [5, 5.41) is 0.480. The van der Waals surface area contributed by atoms with E-state index in [0.29, 0.717) is 27.5 Å². The molecule has 0 bridgehead atoms. The summed E-state index contributed by atoms with van der Waals surface area (Å²) in [6.45, 7) is 1.87. The second-order valence-electron chi connectivity index (χ2n) is 6.97. The first-order valence-electron chi connectivity index (χ1n) is 9.16. The van der Waals surface area contributed by atoms with E-state index in [1.807, 2.05) is 6.92 Å². The van der Waals surface area contributed by atoms with Crippen molar-refractivity contribution < 1.29 is 17.6 Å². The van der Waals surface area contributed by atoms with Crippen molar-refractivity contribution in [2.24, 2.45) is 0 Å². The lowest BCUT2D eigenvalue weighted by Crippen LogP contribution is -2.07. The van der Waals surface area contributed by atoms with Crippen molar-refractivity contribution in [2.75, 3.05) is 0 Å². The first kappa shape index (κ1) is 20.2. The van der Waals surface area contributed by atoms with Crippen LogP contribution in [0.15, 0.2) is 78.9 Å². The normalized spacial score (nSPS) is 11.7. The fourth-order valence-electron chi connectivity index (χ4n) is 3.41. The van der Waals surface area contributed by atoms with Crippen molar-refractivity contribution in [1.29, 1.82) is 0 Å². The Morgan fingerprint density at radius 3 is 1.90 bits per heavy atom. The number of halogens is 5. The fraction of sp³-hybridized carbons (Fsp3) is 0.0833. The molecule has 4 rings (SSSR count). The molecule has 0 unspecified atom stereocenters. The molecule has 0 aliphatic heterocycles. The summed E-state index contributed by atoms with van der Waals surface area (Å²) >= 11 is 5.96. The van der Waals surface area contributed by atoms with Gasteiger partial charge in [-0.15, -0.1) is 0 Å². The van der Waals surface area contributed by atoms with Gasteiger partial charge in [0, 0.05) is 10.7 Å². The fourth-order valence-corrected chi connectivity index (χ4v) is 3.54. The minimum Gasteiger partial charge on any atom is -0.309 e. The van der Waals surface area contributed by atoms with Gasteiger partial charge < -0.3 is 4.57 Å². The van der Waals surface area contributed by atoms with Gasteiger partial charge in [-0.25, -0.2) is 4.39 Å². The van der Waals surface area contributed by atoms with Crippen LogP contribution in [-0.2, 0) is 6.18 Å². The van der Waals surface area contributed by atoms with Crippen LogP contribution in [0.1, 0.15) is 11.1 Å². The zero-order valence-corrected chi connectivity index (χ0v) is 16.6. The summed E-state index contributed by atoms with van der Waals surface area (Å²) in [6, 6.07) is 19.9. The molecule has 0 saturated carbocycles. The Kier molecular flexibility index (Phi) is 5.16. The molecule has 0 N–H and O–H groups in total. The predicted octanol–water partition coefficient (Wildman–Crippen LogP) is 7.93. The number of rotatable bonds is 3. The Labute approximate surface area is 176 Å². The van der Waals surface area contributed by atoms with Gasteiger partial charge in [0.05, 0.1) is 17.0 Å². The number of hydrogen-bond donors (Lipinski definition) is 0. The van der Waals surface area contributed by atoms with E-state index >= 15 is 0 Å². The van der Waals surface area contributed by atoms with Crippen LogP contribution in [0.3, 0.4) is 0 Å². The lowest BCUT2D eigenvalue weighted by Gasteiger charge is -2.16. The molecule has 1 heterocycles. The standard InChI is InChI=1S/C24H16ClF4N/c1-15-2-4-17(5-3-15)23-21(24(27,28)29)14-22(16-6-8-18(25)9-7-16)30(23)20-12-10-19(26)11-13-20/h2-14H,1H3. The van der Waals surface area contributed by atoms with Gasteiger partial charge in [-0.1, -0.05) is 53.6 Å². The molecule has 0 fully saturated rings. The van der Waals surface area contributed by atoms with Crippen LogP contribution in [0.5, 0.6) is 0 Å². The molecule has 0 saturated heterocycles. The second kappa shape index (κ2) is 7.65. The molecule has 6 heteroatoms. The van der Waals surface area contributed by atoms with Crippen LogP contribution in [0.25, 0.3) is 28.2 Å². The Balaban J connectivity index is 2.09. The number of alkyl halides is 3. The lowest BCUT2D eigenvalue weighted by molar-refractivity contribution is -0.137. The van der Waals surface area contributed by atoms with E-state index < -0.39 is 17.6 Å². The van der Waals surface area contributed by atoms with Crippen LogP contribution in [-0.4, -0.2) is 4.57 Å². The van der Waals surface area contributed by atoms with E-state index in [0.717, 1.165) is 11.6 Å². The second-order valence-corrected chi connectivity index (χ2v) is 7.41. The van der Waals surface area contributed by atoms with Crippen LogP contribution in [0.2, 0.25) is 5.02 Å². The number of aromatic nitrogens is 1. The molecule has 0 aliphatic rings. The highest BCUT2D eigenvalue weighted by Crippen LogP contribution is 2.43. The summed E-state index contributed by atoms with van der Waals surface area (Å²) in [4.78, 5) is 0. The topological polar surface area (TPSA) is 4.93 Å². The monoisotopic (exact) mass is 429 g/mol. The van der Waals surface area contributed by atoms with Gasteiger partial charge in [0.15, 0.2) is 0 Å². The number of benzene rings is 3. The Bertz CT molecular complexity index is 1170. The van der Waals surface area contributed by atoms with Gasteiger partial charge in [-0.05, 0) is 60.5 Å². The minimum atomic E-state index is -4.58. The van der Waals surface area contributed by atoms with Crippen molar-refractivity contribution >= 4 is 11.6 Å². The zero-order valence-electron chi connectivity index (χ0n) is 15.8. The van der Waals surface area contributed by atoms with Crippen molar-refractivity contribution in [2.45, 2.75) is 13.1 Å². The van der Waals surface area contributed by atoms with Gasteiger partial charge in [0.2, 0.25) is 0 Å². The molecule has 152 valence electrons. The molecule has 3 aromatic carbocycles. The molecular formula is C24H16ClF4N. The third-order valence-corrected chi connectivity index (χ3v) is 5.11. The Morgan fingerprint density at radius 1 is 0.767 bits per heavy atom. The molecule has 0 radical (unpaired) electrons. The third kappa shape index (κ3) is 3.85. The maximum absolute atomic E-state index is 14.1. The molecule has 1 aromatic heterocycles. The molecule has 30 heavy (non-hydrogen) atoms. The van der Waals surface area contributed by atoms with E-state index in [-0.39, 0.29) is 5.69 Å². The number of hydrogen-bond acceptors (Lipinski definition) is 0. The average Bonchev–Trinajstić information content (AvgIpc) is 3.11. The minimum absolute atomic E-state index is 0.000872. The van der Waals surface area contributed by atoms with Gasteiger partial charge >= 0.3 is 6.18 Å². The summed E-state index contributed by atoms with van der Waals surface area (Å²) in [5.41, 5.74) is 1.91. The van der Waals surface area contributed by atoms with Crippen molar-refractivity contribution in [3.8, 4) is 28.2 Å². The summed E-state index contributed by atoms with van der Waals surface area (Å²) in [5.74, 6) is -0.466. The van der Waals surface area contributed by atoms with Gasteiger partial charge in [0.25, 0.3) is 0 Å². The molecule has 0 atom stereocenters. The van der Waals surface area contributed by atoms with Crippen LogP contribution in [0.4, 0.5) is 17.6 Å². The number of aryl methyl sites for hydroxylation is 1. The van der Waals surface area contributed by atoms with E-state index in [1.165, 1.54) is 28.8 Å². The van der Waals surface area contributed by atoms with Gasteiger partial charge in [-0.2, -0.15) is 13.2 Å². The third-order valence-electron chi connectivity index (χ3n) is 4.86. The quantitative estimate of drug-likeness (QED) is 0.291. The first-order chi connectivity index (χ1) is 14.2. The Morgan fingerprint density at radius 2 is 1.33 bits per heavy atom. The smallest absolute Gasteiger partial charge is 0.309 e. The zero-order chi connectivity index (χ0) is 21.5. The average molecular weight is 430 g/mol. The SMILES string of the molecule is Cc1ccc(-c2c(C(F)(F)F)cc(-c3ccc(Cl)cc3)n2-c2ccc(F)cc2)cc1. The van der Waals surface area contributed by atoms with Crippen LogP contribution >= 0.6 is 11.6 Å². The molecule has 1 nitrogen and oxygen atoms in total. The summed E-state index contributed by atoms with van der Waals surface area (Å²) in [6.07, 6.45) is -4.58. The molecule has 0 spiro atoms. The highest BCUT2D eigenvalue weighted by molar-refractivity contribution is 6.30. The molecular weight excluding hydrogens is 414 g/mol. The molecule has 0 amide bonds. The maximum Gasteiger partial charge on any atom is 0.418 e. The lowest BCUT2D eigenvalue weighted by atomic mass is 10.1. The first-order valence-corrected chi connectivity index (χ1v) is 9.54. The van der Waals surface area contributed by atoms with E-state index in [4.69, 9.17) is 11.6 Å². The van der Waals surface area contributed by atoms with E-state index in [9.17, 15) is 17.6 Å². The largest absolute Gasteiger partial charge is 0.418 e.